The number of rotatable bonds is 13. The maximum atomic E-state index is 13.9. The molecule has 1 aliphatic rings. The van der Waals surface area contributed by atoms with Gasteiger partial charge in [0.1, 0.15) is 35.9 Å². The summed E-state index contributed by atoms with van der Waals surface area (Å²) in [6.07, 6.45) is -0.225. The summed E-state index contributed by atoms with van der Waals surface area (Å²) in [5.74, 6) is 1.83. The average Bonchev–Trinajstić information content (AvgIpc) is 3.71. The van der Waals surface area contributed by atoms with Crippen LogP contribution in [-0.4, -0.2) is 51.3 Å². The molecule has 0 spiro atoms. The van der Waals surface area contributed by atoms with Gasteiger partial charge in [-0.25, -0.2) is 4.79 Å². The van der Waals surface area contributed by atoms with E-state index in [1.807, 2.05) is 24.3 Å². The molecule has 2 aromatic rings. The summed E-state index contributed by atoms with van der Waals surface area (Å²) in [5, 5.41) is 2.82. The van der Waals surface area contributed by atoms with Crippen molar-refractivity contribution in [1.29, 1.82) is 0 Å². The lowest BCUT2D eigenvalue weighted by Gasteiger charge is -2.42. The number of carbonyl (C=O) groups is 2. The lowest BCUT2D eigenvalue weighted by atomic mass is 10.1. The molecule has 1 heterocycles. The number of amides is 1. The van der Waals surface area contributed by atoms with Gasteiger partial charge < -0.3 is 28.7 Å². The quantitative estimate of drug-likeness (QED) is 0.121. The van der Waals surface area contributed by atoms with Crippen molar-refractivity contribution in [3.8, 4) is 17.2 Å². The van der Waals surface area contributed by atoms with Crippen LogP contribution < -0.4 is 14.8 Å². The molecule has 0 bridgehead atoms. The van der Waals surface area contributed by atoms with Crippen molar-refractivity contribution in [2.24, 2.45) is 0 Å². The predicted molar refractivity (Wildman–Crippen MR) is 213 cm³/mol. The van der Waals surface area contributed by atoms with E-state index in [1.165, 1.54) is 0 Å². The molecule has 1 saturated heterocycles. The highest BCUT2D eigenvalue weighted by Gasteiger charge is 2.49. The second kappa shape index (κ2) is 16.5. The van der Waals surface area contributed by atoms with Crippen LogP contribution in [0.25, 0.3) is 0 Å². The van der Waals surface area contributed by atoms with E-state index in [4.69, 9.17) is 23.4 Å². The summed E-state index contributed by atoms with van der Waals surface area (Å²) >= 11 is 9.03. The highest BCUT2D eigenvalue weighted by atomic mass is 127. The predicted octanol–water partition coefficient (Wildman–Crippen LogP) is 9.83. The van der Waals surface area contributed by atoms with Crippen LogP contribution >= 0.6 is 90.4 Å². The first kappa shape index (κ1) is 39.3. The molecule has 3 rings (SSSR count). The Morgan fingerprint density at radius 1 is 0.889 bits per heavy atom. The summed E-state index contributed by atoms with van der Waals surface area (Å²) in [6, 6.07) is 6.96. The first-order valence-electron chi connectivity index (χ1n) is 15.0. The number of epoxide rings is 1. The van der Waals surface area contributed by atoms with E-state index in [2.05, 4.69) is 137 Å². The minimum atomic E-state index is -2.55. The fraction of sp³-hybridized carbons (Fsp3) is 0.562. The number of benzene rings is 2. The van der Waals surface area contributed by atoms with E-state index in [-0.39, 0.29) is 29.1 Å². The van der Waals surface area contributed by atoms with E-state index < -0.39 is 32.0 Å². The Balaban J connectivity index is 1.88. The lowest BCUT2D eigenvalue weighted by Crippen LogP contribution is -2.54. The number of carbonyl (C=O) groups excluding carboxylic acids is 2. The van der Waals surface area contributed by atoms with Crippen molar-refractivity contribution < 1.29 is 33.0 Å². The van der Waals surface area contributed by atoms with Gasteiger partial charge in [-0.2, -0.15) is 0 Å². The summed E-state index contributed by atoms with van der Waals surface area (Å²) in [5.41, 5.74) is 0.790. The number of hydrogen-bond donors (Lipinski definition) is 1. The van der Waals surface area contributed by atoms with Gasteiger partial charge in [-0.1, -0.05) is 41.5 Å². The zero-order chi connectivity index (χ0) is 33.9. The molecule has 13 heteroatoms. The van der Waals surface area contributed by atoms with E-state index in [0.717, 1.165) is 38.0 Å². The Morgan fingerprint density at radius 3 is 1.82 bits per heavy atom. The molecule has 250 valence electrons. The molecule has 0 aromatic heterocycles. The van der Waals surface area contributed by atoms with Crippen molar-refractivity contribution in [3.05, 3.63) is 44.1 Å². The zero-order valence-electron chi connectivity index (χ0n) is 27.2. The maximum Gasteiger partial charge on any atom is 0.408 e. The number of ether oxygens (including phenoxy) is 4. The van der Waals surface area contributed by atoms with Crippen molar-refractivity contribution in [2.45, 2.75) is 103 Å². The third kappa shape index (κ3) is 10.9. The van der Waals surface area contributed by atoms with E-state index >= 15 is 0 Å². The van der Waals surface area contributed by atoms with Crippen LogP contribution in [0.1, 0.15) is 67.9 Å². The first-order valence-corrected chi connectivity index (χ1v) is 21.4. The molecule has 0 radical (unpaired) electrons. The van der Waals surface area contributed by atoms with Gasteiger partial charge in [0.15, 0.2) is 5.75 Å². The minimum Gasteiger partial charge on any atom is -0.517 e. The standard InChI is InChI=1S/C32H43I4NO7Si/c1-17(2)45(18(3)4,19(5)6)44-30(38)27(37-31(39)43-32(7,8)9)12-20-10-23(33)29(24(34)11-20)42-21-13-25(35)28(26(36)14-21)41-16-22-15-40-22/h10-11,13-14,17-19,22,27H,12,15-16H2,1-9H3,(H,37,39). The van der Waals surface area contributed by atoms with Crippen LogP contribution in [0.3, 0.4) is 0 Å². The van der Waals surface area contributed by atoms with Crippen LogP contribution in [0.2, 0.25) is 16.6 Å². The Labute approximate surface area is 323 Å². The lowest BCUT2D eigenvalue weighted by molar-refractivity contribution is -0.138. The SMILES string of the molecule is CC(C)[Si](OC(=O)C(Cc1cc(I)c(Oc2cc(I)c(OCC3CO3)c(I)c2)c(I)c1)NC(=O)OC(C)(C)C)(C(C)C)C(C)C. The van der Waals surface area contributed by atoms with Gasteiger partial charge in [0.2, 0.25) is 0 Å². The van der Waals surface area contributed by atoms with Gasteiger partial charge in [-0.05, 0) is 158 Å². The molecule has 1 fully saturated rings. The molecule has 2 aromatic carbocycles. The third-order valence-corrected chi connectivity index (χ3v) is 16.6. The molecule has 2 unspecified atom stereocenters. The van der Waals surface area contributed by atoms with Gasteiger partial charge in [0, 0.05) is 6.42 Å². The highest BCUT2D eigenvalue weighted by Crippen LogP contribution is 2.43. The van der Waals surface area contributed by atoms with Gasteiger partial charge in [0.05, 0.1) is 20.9 Å². The Hall–Kier alpha value is -0.123. The Bertz CT molecular complexity index is 1310. The minimum absolute atomic E-state index is 0.181. The molecular formula is C32H43I4NO7Si. The van der Waals surface area contributed by atoms with Crippen LogP contribution in [0.15, 0.2) is 24.3 Å². The molecule has 8 nitrogen and oxygen atoms in total. The topological polar surface area (TPSA) is 95.6 Å². The monoisotopic (exact) mass is 1090 g/mol. The molecule has 45 heavy (non-hydrogen) atoms. The Kier molecular flexibility index (Phi) is 14.4. The van der Waals surface area contributed by atoms with E-state index in [0.29, 0.717) is 12.4 Å². The van der Waals surface area contributed by atoms with Crippen molar-refractivity contribution >= 4 is 111 Å². The van der Waals surface area contributed by atoms with Gasteiger partial charge in [0.25, 0.3) is 8.32 Å². The molecule has 0 aliphatic carbocycles. The van der Waals surface area contributed by atoms with Gasteiger partial charge >= 0.3 is 12.1 Å². The smallest absolute Gasteiger partial charge is 0.408 e. The first-order chi connectivity index (χ1) is 20.8. The maximum absolute atomic E-state index is 13.9. The van der Waals surface area contributed by atoms with Gasteiger partial charge in [-0.3, -0.25) is 4.79 Å². The van der Waals surface area contributed by atoms with Crippen molar-refractivity contribution in [1.82, 2.24) is 5.32 Å². The molecular weight excluding hydrogens is 1050 g/mol. The average molecular weight is 1090 g/mol. The summed E-state index contributed by atoms with van der Waals surface area (Å²) in [7, 11) is -2.55. The van der Waals surface area contributed by atoms with Crippen molar-refractivity contribution in [3.63, 3.8) is 0 Å². The molecule has 1 N–H and O–H groups in total. The van der Waals surface area contributed by atoms with Gasteiger partial charge in [-0.15, -0.1) is 0 Å². The Morgan fingerprint density at radius 2 is 1.38 bits per heavy atom. The van der Waals surface area contributed by atoms with E-state index in [1.54, 1.807) is 20.8 Å². The number of alkyl carbamates (subject to hydrolysis) is 1. The highest BCUT2D eigenvalue weighted by molar-refractivity contribution is 14.1. The number of hydrogen-bond acceptors (Lipinski definition) is 7. The fourth-order valence-electron chi connectivity index (χ4n) is 5.50. The fourth-order valence-corrected chi connectivity index (χ4v) is 14.8. The largest absolute Gasteiger partial charge is 0.517 e. The van der Waals surface area contributed by atoms with Crippen LogP contribution in [-0.2, 0) is 25.1 Å². The molecule has 2 atom stereocenters. The van der Waals surface area contributed by atoms with E-state index in [9.17, 15) is 9.59 Å². The number of halogens is 4. The molecule has 1 amide bonds. The van der Waals surface area contributed by atoms with Crippen LogP contribution in [0, 0.1) is 14.3 Å². The number of nitrogens with one attached hydrogen (secondary N) is 1. The molecule has 1 aliphatic heterocycles. The normalized spacial score (nSPS) is 15.7. The summed E-state index contributed by atoms with van der Waals surface area (Å²) < 4.78 is 33.3. The summed E-state index contributed by atoms with van der Waals surface area (Å²) in [6.45, 7) is 19.4. The molecule has 0 saturated carbocycles. The second-order valence-electron chi connectivity index (χ2n) is 13.1. The second-order valence-corrected chi connectivity index (χ2v) is 23.1. The van der Waals surface area contributed by atoms with Crippen molar-refractivity contribution in [2.75, 3.05) is 13.2 Å². The summed E-state index contributed by atoms with van der Waals surface area (Å²) in [4.78, 5) is 26.8. The van der Waals surface area contributed by atoms with Crippen LogP contribution in [0.4, 0.5) is 4.79 Å². The van der Waals surface area contributed by atoms with Crippen LogP contribution in [0.5, 0.6) is 17.2 Å². The zero-order valence-corrected chi connectivity index (χ0v) is 36.8. The third-order valence-electron chi connectivity index (χ3n) is 7.47.